The summed E-state index contributed by atoms with van der Waals surface area (Å²) in [5, 5.41) is 0. The van der Waals surface area contributed by atoms with E-state index >= 15 is 0 Å². The number of hydrogen-bond acceptors (Lipinski definition) is 4. The second-order valence-electron chi connectivity index (χ2n) is 6.45. The van der Waals surface area contributed by atoms with Crippen molar-refractivity contribution in [2.75, 3.05) is 18.6 Å². The van der Waals surface area contributed by atoms with Crippen LogP contribution in [0, 0.1) is 5.82 Å². The van der Waals surface area contributed by atoms with Crippen molar-refractivity contribution < 1.29 is 17.6 Å². The molecule has 0 aliphatic carbocycles. The lowest BCUT2D eigenvalue weighted by Gasteiger charge is -2.29. The molecule has 1 amide bonds. The molecule has 0 unspecified atom stereocenters. The standard InChI is InChI=1S/C18H19FN2O4S/c1-26(24,25)9-7-17(22)20-8-6-13-10-18(23)21(12-14(13)11-20)16-4-2-15(19)3-5-16/h2-5,10,12H,6-9,11H2,1H3. The fourth-order valence-electron chi connectivity index (χ4n) is 2.98. The van der Waals surface area contributed by atoms with E-state index in [9.17, 15) is 22.4 Å². The minimum atomic E-state index is -3.19. The molecule has 0 N–H and O–H groups in total. The summed E-state index contributed by atoms with van der Waals surface area (Å²) >= 11 is 0. The van der Waals surface area contributed by atoms with Crippen LogP contribution in [-0.2, 0) is 27.6 Å². The van der Waals surface area contributed by atoms with Gasteiger partial charge in [0.2, 0.25) is 5.91 Å². The molecule has 3 rings (SSSR count). The molecule has 0 saturated heterocycles. The van der Waals surface area contributed by atoms with E-state index in [0.717, 1.165) is 17.4 Å². The second kappa shape index (κ2) is 7.03. The normalized spacial score (nSPS) is 14.2. The smallest absolute Gasteiger partial charge is 0.255 e. The minimum absolute atomic E-state index is 0.0498. The Kier molecular flexibility index (Phi) is 4.95. The quantitative estimate of drug-likeness (QED) is 0.804. The van der Waals surface area contributed by atoms with Crippen LogP contribution >= 0.6 is 0 Å². The third-order valence-electron chi connectivity index (χ3n) is 4.39. The zero-order valence-electron chi connectivity index (χ0n) is 14.3. The molecular formula is C18H19FN2O4S. The highest BCUT2D eigenvalue weighted by Crippen LogP contribution is 2.19. The van der Waals surface area contributed by atoms with Gasteiger partial charge in [0, 0.05) is 43.7 Å². The molecule has 0 atom stereocenters. The summed E-state index contributed by atoms with van der Waals surface area (Å²) in [5.74, 6) is -0.785. The molecule has 0 bridgehead atoms. The summed E-state index contributed by atoms with van der Waals surface area (Å²) in [6.45, 7) is 0.773. The highest BCUT2D eigenvalue weighted by Gasteiger charge is 2.22. The first-order valence-corrected chi connectivity index (χ1v) is 10.2. The molecule has 2 aromatic rings. The minimum Gasteiger partial charge on any atom is -0.338 e. The van der Waals surface area contributed by atoms with Gasteiger partial charge in [-0.15, -0.1) is 0 Å². The van der Waals surface area contributed by atoms with Crippen LogP contribution in [0.15, 0.2) is 41.3 Å². The molecule has 1 aromatic heterocycles. The Bertz CT molecular complexity index is 997. The van der Waals surface area contributed by atoms with Crippen LogP contribution in [0.5, 0.6) is 0 Å². The Morgan fingerprint density at radius 2 is 1.88 bits per heavy atom. The van der Waals surface area contributed by atoms with Gasteiger partial charge < -0.3 is 4.90 Å². The van der Waals surface area contributed by atoms with E-state index in [1.54, 1.807) is 11.1 Å². The number of halogens is 1. The Hall–Kier alpha value is -2.48. The van der Waals surface area contributed by atoms with E-state index < -0.39 is 9.84 Å². The average Bonchev–Trinajstić information content (AvgIpc) is 2.59. The molecule has 1 aliphatic rings. The van der Waals surface area contributed by atoms with Crippen LogP contribution < -0.4 is 5.56 Å². The predicted octanol–water partition coefficient (Wildman–Crippen LogP) is 1.30. The average molecular weight is 378 g/mol. The van der Waals surface area contributed by atoms with Gasteiger partial charge in [-0.3, -0.25) is 14.2 Å². The molecule has 1 aliphatic heterocycles. The fraction of sp³-hybridized carbons (Fsp3) is 0.333. The number of sulfone groups is 1. The van der Waals surface area contributed by atoms with Crippen LogP contribution in [0.2, 0.25) is 0 Å². The zero-order chi connectivity index (χ0) is 18.9. The van der Waals surface area contributed by atoms with Crippen molar-refractivity contribution in [2.45, 2.75) is 19.4 Å². The summed E-state index contributed by atoms with van der Waals surface area (Å²) in [6.07, 6.45) is 3.26. The first kappa shape index (κ1) is 18.3. The van der Waals surface area contributed by atoms with E-state index in [1.165, 1.54) is 34.9 Å². The number of hydrogen-bond donors (Lipinski definition) is 0. The van der Waals surface area contributed by atoms with Gasteiger partial charge in [-0.25, -0.2) is 12.8 Å². The van der Waals surface area contributed by atoms with Crippen molar-refractivity contribution in [3.8, 4) is 5.69 Å². The maximum absolute atomic E-state index is 13.1. The van der Waals surface area contributed by atoms with Gasteiger partial charge in [0.15, 0.2) is 0 Å². The molecule has 26 heavy (non-hydrogen) atoms. The molecule has 0 spiro atoms. The summed E-state index contributed by atoms with van der Waals surface area (Å²) in [7, 11) is -3.19. The highest BCUT2D eigenvalue weighted by atomic mass is 32.2. The molecule has 0 fully saturated rings. The molecule has 0 radical (unpaired) electrons. The number of nitrogens with zero attached hydrogens (tertiary/aromatic N) is 2. The van der Waals surface area contributed by atoms with Gasteiger partial charge in [-0.2, -0.15) is 0 Å². The van der Waals surface area contributed by atoms with Crippen LogP contribution in [0.3, 0.4) is 0 Å². The first-order chi connectivity index (χ1) is 12.2. The summed E-state index contributed by atoms with van der Waals surface area (Å²) in [4.78, 5) is 26.2. The van der Waals surface area contributed by atoms with Gasteiger partial charge in [-0.1, -0.05) is 0 Å². The number of fused-ring (bicyclic) bond motifs is 1. The third kappa shape index (κ3) is 4.19. The maximum atomic E-state index is 13.1. The predicted molar refractivity (Wildman–Crippen MR) is 95.4 cm³/mol. The SMILES string of the molecule is CS(=O)(=O)CCC(=O)N1CCc2cc(=O)n(-c3ccc(F)cc3)cc2C1. The van der Waals surface area contributed by atoms with Crippen molar-refractivity contribution >= 4 is 15.7 Å². The van der Waals surface area contributed by atoms with Gasteiger partial charge in [0.1, 0.15) is 15.7 Å². The number of rotatable bonds is 4. The molecule has 6 nitrogen and oxygen atoms in total. The Morgan fingerprint density at radius 3 is 2.54 bits per heavy atom. The molecular weight excluding hydrogens is 359 g/mol. The fourth-order valence-corrected chi connectivity index (χ4v) is 3.52. The summed E-state index contributed by atoms with van der Waals surface area (Å²) < 4.78 is 37.0. The van der Waals surface area contributed by atoms with Crippen molar-refractivity contribution in [2.24, 2.45) is 0 Å². The number of carbonyl (C=O) groups is 1. The Morgan fingerprint density at radius 1 is 1.19 bits per heavy atom. The lowest BCUT2D eigenvalue weighted by Crippen LogP contribution is -2.38. The lowest BCUT2D eigenvalue weighted by molar-refractivity contribution is -0.131. The summed E-state index contributed by atoms with van der Waals surface area (Å²) in [6, 6.07) is 7.13. The molecule has 138 valence electrons. The molecule has 1 aromatic carbocycles. The largest absolute Gasteiger partial charge is 0.338 e. The number of amides is 1. The molecule has 8 heteroatoms. The van der Waals surface area contributed by atoms with Crippen LogP contribution in [0.25, 0.3) is 5.69 Å². The van der Waals surface area contributed by atoms with Crippen molar-refractivity contribution in [1.29, 1.82) is 0 Å². The lowest BCUT2D eigenvalue weighted by atomic mass is 10.0. The zero-order valence-corrected chi connectivity index (χ0v) is 15.1. The number of aromatic nitrogens is 1. The number of pyridine rings is 1. The molecule has 0 saturated carbocycles. The van der Waals surface area contributed by atoms with E-state index in [4.69, 9.17) is 0 Å². The van der Waals surface area contributed by atoms with Gasteiger partial charge in [0.05, 0.1) is 5.75 Å². The van der Waals surface area contributed by atoms with Crippen molar-refractivity contribution in [3.05, 3.63) is 63.8 Å². The topological polar surface area (TPSA) is 76.5 Å². The van der Waals surface area contributed by atoms with Gasteiger partial charge in [0.25, 0.3) is 5.56 Å². The third-order valence-corrected chi connectivity index (χ3v) is 5.33. The van der Waals surface area contributed by atoms with E-state index in [0.29, 0.717) is 25.2 Å². The Balaban J connectivity index is 1.84. The van der Waals surface area contributed by atoms with Crippen molar-refractivity contribution in [1.82, 2.24) is 9.47 Å². The van der Waals surface area contributed by atoms with Crippen LogP contribution in [0.1, 0.15) is 17.5 Å². The second-order valence-corrected chi connectivity index (χ2v) is 8.71. The van der Waals surface area contributed by atoms with Gasteiger partial charge in [-0.05, 0) is 41.8 Å². The molecule has 2 heterocycles. The highest BCUT2D eigenvalue weighted by molar-refractivity contribution is 7.90. The van der Waals surface area contributed by atoms with Crippen LogP contribution in [-0.4, -0.2) is 42.3 Å². The van der Waals surface area contributed by atoms with Crippen molar-refractivity contribution in [3.63, 3.8) is 0 Å². The Labute approximate surface area is 150 Å². The monoisotopic (exact) mass is 378 g/mol. The maximum Gasteiger partial charge on any atom is 0.255 e. The summed E-state index contributed by atoms with van der Waals surface area (Å²) in [5.41, 5.74) is 2.03. The van der Waals surface area contributed by atoms with E-state index in [1.807, 2.05) is 0 Å². The van der Waals surface area contributed by atoms with Gasteiger partial charge >= 0.3 is 0 Å². The van der Waals surface area contributed by atoms with Crippen LogP contribution in [0.4, 0.5) is 4.39 Å². The number of carbonyl (C=O) groups excluding carboxylic acids is 1. The van der Waals surface area contributed by atoms with E-state index in [2.05, 4.69) is 0 Å². The number of benzene rings is 1. The first-order valence-electron chi connectivity index (χ1n) is 8.19. The van der Waals surface area contributed by atoms with E-state index in [-0.39, 0.29) is 29.5 Å².